The zero-order chi connectivity index (χ0) is 28.2. The molecular formula is C28H37N5O5S. The third kappa shape index (κ3) is 7.17. The number of aliphatic hydroxyl groups excluding tert-OH is 1. The number of aryl methyl sites for hydroxylation is 1. The van der Waals surface area contributed by atoms with Crippen molar-refractivity contribution in [1.29, 1.82) is 0 Å². The first-order valence-corrected chi connectivity index (χ1v) is 14.5. The number of hydrogen-bond acceptors (Lipinski definition) is 7. The van der Waals surface area contributed by atoms with Gasteiger partial charge in [0.25, 0.3) is 10.0 Å². The summed E-state index contributed by atoms with van der Waals surface area (Å²) in [5.41, 5.74) is 2.07. The lowest BCUT2D eigenvalue weighted by Crippen LogP contribution is -2.47. The Bertz CT molecular complexity index is 1380. The van der Waals surface area contributed by atoms with Gasteiger partial charge in [-0.25, -0.2) is 4.98 Å². The smallest absolute Gasteiger partial charge is 0.280 e. The van der Waals surface area contributed by atoms with Crippen molar-refractivity contribution in [2.24, 2.45) is 13.0 Å². The normalized spacial score (nSPS) is 19.0. The summed E-state index contributed by atoms with van der Waals surface area (Å²) in [6.07, 6.45) is 2.59. The minimum Gasteiger partial charge on any atom is -0.488 e. The van der Waals surface area contributed by atoms with E-state index < -0.39 is 10.0 Å². The first-order valence-electron chi connectivity index (χ1n) is 13.0. The van der Waals surface area contributed by atoms with E-state index in [0.717, 1.165) is 6.54 Å². The number of rotatable bonds is 9. The maximum absolute atomic E-state index is 13.4. The summed E-state index contributed by atoms with van der Waals surface area (Å²) >= 11 is 0. The molecule has 0 unspecified atom stereocenters. The fourth-order valence-corrected chi connectivity index (χ4v) is 5.75. The molecular weight excluding hydrogens is 518 g/mol. The van der Waals surface area contributed by atoms with Crippen LogP contribution in [0.2, 0.25) is 0 Å². The second-order valence-corrected chi connectivity index (χ2v) is 12.0. The van der Waals surface area contributed by atoms with Crippen molar-refractivity contribution in [1.82, 2.24) is 19.4 Å². The van der Waals surface area contributed by atoms with Gasteiger partial charge in [-0.3, -0.25) is 14.4 Å². The minimum atomic E-state index is -3.91. The molecule has 1 aromatic heterocycles. The number of nitrogens with one attached hydrogen (secondary N) is 1. The van der Waals surface area contributed by atoms with E-state index >= 15 is 0 Å². The van der Waals surface area contributed by atoms with Crippen LogP contribution in [0.25, 0.3) is 0 Å². The van der Waals surface area contributed by atoms with Crippen LogP contribution in [-0.4, -0.2) is 77.7 Å². The number of nitrogens with zero attached hydrogens (tertiary/aromatic N) is 4. The van der Waals surface area contributed by atoms with E-state index in [9.17, 15) is 18.3 Å². The summed E-state index contributed by atoms with van der Waals surface area (Å²) in [6.45, 7) is 5.49. The van der Waals surface area contributed by atoms with Gasteiger partial charge in [0, 0.05) is 50.0 Å². The average Bonchev–Trinajstić information content (AvgIpc) is 3.36. The summed E-state index contributed by atoms with van der Waals surface area (Å²) in [6, 6.07) is 14.8. The lowest BCUT2D eigenvalue weighted by atomic mass is 10.0. The zero-order valence-corrected chi connectivity index (χ0v) is 23.6. The maximum atomic E-state index is 13.4. The van der Waals surface area contributed by atoms with Crippen molar-refractivity contribution >= 4 is 21.6 Å². The number of carbonyl (C=O) groups excluding carboxylic acids is 1. The van der Waals surface area contributed by atoms with Crippen LogP contribution in [0.1, 0.15) is 25.0 Å². The van der Waals surface area contributed by atoms with Crippen molar-refractivity contribution in [2.45, 2.75) is 44.0 Å². The minimum absolute atomic E-state index is 0.0120. The van der Waals surface area contributed by atoms with E-state index in [1.165, 1.54) is 18.1 Å². The molecule has 1 amide bonds. The number of carbonyl (C=O) groups is 1. The number of sulfonamides is 1. The largest absolute Gasteiger partial charge is 0.488 e. The average molecular weight is 556 g/mol. The molecule has 11 heteroatoms. The van der Waals surface area contributed by atoms with Crippen molar-refractivity contribution in [3.63, 3.8) is 0 Å². The molecule has 4 rings (SSSR count). The first-order chi connectivity index (χ1) is 18.6. The van der Waals surface area contributed by atoms with Gasteiger partial charge in [-0.1, -0.05) is 37.3 Å². The molecule has 0 radical (unpaired) electrons. The molecule has 39 heavy (non-hydrogen) atoms. The van der Waals surface area contributed by atoms with Gasteiger partial charge in [-0.05, 0) is 37.7 Å². The second-order valence-electron chi connectivity index (χ2n) is 10.4. The number of hydrogen-bond donors (Lipinski definition) is 2. The van der Waals surface area contributed by atoms with Gasteiger partial charge >= 0.3 is 0 Å². The highest BCUT2D eigenvalue weighted by atomic mass is 32.2. The maximum Gasteiger partial charge on any atom is 0.280 e. The number of fused-ring (bicyclic) bond motifs is 1. The molecule has 210 valence electrons. The number of aliphatic hydroxyl groups is 1. The lowest BCUT2D eigenvalue weighted by molar-refractivity contribution is -0.134. The van der Waals surface area contributed by atoms with E-state index in [1.807, 2.05) is 39.1 Å². The van der Waals surface area contributed by atoms with Gasteiger partial charge in [-0.2, -0.15) is 8.42 Å². The number of benzene rings is 2. The van der Waals surface area contributed by atoms with Crippen molar-refractivity contribution < 1.29 is 23.1 Å². The Kier molecular flexibility index (Phi) is 8.94. The van der Waals surface area contributed by atoms with Crippen LogP contribution in [0.15, 0.2) is 66.1 Å². The van der Waals surface area contributed by atoms with E-state index in [0.29, 0.717) is 30.1 Å². The highest BCUT2D eigenvalue weighted by Gasteiger charge is 2.31. The molecule has 10 nitrogen and oxygen atoms in total. The van der Waals surface area contributed by atoms with Crippen LogP contribution >= 0.6 is 0 Å². The van der Waals surface area contributed by atoms with Gasteiger partial charge in [0.15, 0.2) is 5.03 Å². The molecule has 0 aliphatic carbocycles. The SMILES string of the molecule is C[C@H](CO)N1C[C@H](C)[C@H](CN(C)Cc2ccccc2)Oc2ccc(NS(=O)(=O)c3cn(C)cn3)cc2CC1=O. The molecule has 0 fully saturated rings. The molecule has 0 spiro atoms. The number of imidazole rings is 1. The molecule has 1 aliphatic heterocycles. The predicted octanol–water partition coefficient (Wildman–Crippen LogP) is 2.50. The Morgan fingerprint density at radius 2 is 1.97 bits per heavy atom. The first kappa shape index (κ1) is 28.6. The molecule has 2 N–H and O–H groups in total. The zero-order valence-electron chi connectivity index (χ0n) is 22.8. The van der Waals surface area contributed by atoms with Crippen molar-refractivity contribution in [3.8, 4) is 5.75 Å². The summed E-state index contributed by atoms with van der Waals surface area (Å²) < 4.78 is 36.3. The Balaban J connectivity index is 1.63. The van der Waals surface area contributed by atoms with Gasteiger partial charge in [0.2, 0.25) is 5.91 Å². The lowest BCUT2D eigenvalue weighted by Gasteiger charge is -2.34. The predicted molar refractivity (Wildman–Crippen MR) is 149 cm³/mol. The number of aromatic nitrogens is 2. The molecule has 0 saturated carbocycles. The fourth-order valence-electron chi connectivity index (χ4n) is 4.71. The molecule has 0 saturated heterocycles. The topological polar surface area (TPSA) is 117 Å². The molecule has 2 heterocycles. The van der Waals surface area contributed by atoms with Gasteiger partial charge in [0.05, 0.1) is 25.4 Å². The standard InChI is InChI=1S/C28H37N5O5S/c1-20-14-33(21(2)18-34)28(35)13-23-12-24(30-39(36,37)27-17-32(4)19-29-27)10-11-25(23)38-26(20)16-31(3)15-22-8-6-5-7-9-22/h5-12,17,19-21,26,30,34H,13-16,18H2,1-4H3/t20-,21+,26-/m0/s1. The van der Waals surface area contributed by atoms with Crippen LogP contribution in [0.4, 0.5) is 5.69 Å². The third-order valence-corrected chi connectivity index (χ3v) is 8.18. The monoisotopic (exact) mass is 555 g/mol. The van der Waals surface area contributed by atoms with Crippen LogP contribution in [-0.2, 0) is 34.8 Å². The van der Waals surface area contributed by atoms with E-state index in [4.69, 9.17) is 4.74 Å². The summed E-state index contributed by atoms with van der Waals surface area (Å²) in [7, 11) is -0.183. The van der Waals surface area contributed by atoms with Gasteiger partial charge in [-0.15, -0.1) is 0 Å². The van der Waals surface area contributed by atoms with E-state index in [1.54, 1.807) is 34.7 Å². The number of amides is 1. The quantitative estimate of drug-likeness (QED) is 0.417. The Morgan fingerprint density at radius 1 is 1.23 bits per heavy atom. The molecule has 1 aliphatic rings. The highest BCUT2D eigenvalue weighted by molar-refractivity contribution is 7.92. The number of likely N-dealkylation sites (N-methyl/N-ethyl adjacent to an activating group) is 1. The Labute approximate surface area is 230 Å². The summed E-state index contributed by atoms with van der Waals surface area (Å²) in [5, 5.41) is 9.76. The van der Waals surface area contributed by atoms with Crippen molar-refractivity contribution in [2.75, 3.05) is 31.5 Å². The fraction of sp³-hybridized carbons (Fsp3) is 0.429. The Morgan fingerprint density at radius 3 is 2.64 bits per heavy atom. The van der Waals surface area contributed by atoms with E-state index in [2.05, 4.69) is 26.7 Å². The Hall–Kier alpha value is -3.41. The van der Waals surface area contributed by atoms with Crippen LogP contribution in [0.5, 0.6) is 5.75 Å². The molecule has 3 aromatic rings. The van der Waals surface area contributed by atoms with Gasteiger partial charge in [0.1, 0.15) is 11.9 Å². The van der Waals surface area contributed by atoms with Crippen LogP contribution in [0, 0.1) is 5.92 Å². The summed E-state index contributed by atoms with van der Waals surface area (Å²) in [5.74, 6) is 0.346. The third-order valence-electron chi connectivity index (χ3n) is 6.91. The van der Waals surface area contributed by atoms with Crippen LogP contribution in [0.3, 0.4) is 0 Å². The molecule has 3 atom stereocenters. The highest BCUT2D eigenvalue weighted by Crippen LogP contribution is 2.30. The number of ether oxygens (including phenoxy) is 1. The summed E-state index contributed by atoms with van der Waals surface area (Å²) in [4.78, 5) is 21.2. The molecule has 0 bridgehead atoms. The van der Waals surface area contributed by atoms with Crippen LogP contribution < -0.4 is 9.46 Å². The molecule has 2 aromatic carbocycles. The van der Waals surface area contributed by atoms with E-state index in [-0.39, 0.29) is 42.0 Å². The second kappa shape index (κ2) is 12.2. The number of anilines is 1. The van der Waals surface area contributed by atoms with Gasteiger partial charge < -0.3 is 19.3 Å². The van der Waals surface area contributed by atoms with Crippen molar-refractivity contribution in [3.05, 3.63) is 72.2 Å².